The minimum absolute atomic E-state index is 0.0219. The monoisotopic (exact) mass is 284 g/mol. The molecule has 3 nitrogen and oxygen atoms in total. The maximum atomic E-state index is 12.8. The van der Waals surface area contributed by atoms with E-state index in [2.05, 4.69) is 28.9 Å². The molecule has 0 bridgehead atoms. The number of benzene rings is 1. The molecule has 1 unspecified atom stereocenters. The van der Waals surface area contributed by atoms with Crippen LogP contribution in [0.15, 0.2) is 35.7 Å². The summed E-state index contributed by atoms with van der Waals surface area (Å²) in [5, 5.41) is 5.47. The Morgan fingerprint density at radius 1 is 1.30 bits per heavy atom. The number of amides is 1. The Morgan fingerprint density at radius 3 is 3.15 bits per heavy atom. The molecule has 0 saturated heterocycles. The van der Waals surface area contributed by atoms with Crippen LogP contribution in [-0.2, 0) is 17.8 Å². The second-order valence-electron chi connectivity index (χ2n) is 5.40. The van der Waals surface area contributed by atoms with Crippen molar-refractivity contribution in [2.24, 2.45) is 0 Å². The summed E-state index contributed by atoms with van der Waals surface area (Å²) in [6.07, 6.45) is 1.00. The van der Waals surface area contributed by atoms with E-state index >= 15 is 0 Å². The van der Waals surface area contributed by atoms with E-state index in [-0.39, 0.29) is 11.8 Å². The highest BCUT2D eigenvalue weighted by Gasteiger charge is 2.33. The van der Waals surface area contributed by atoms with Crippen LogP contribution >= 0.6 is 11.3 Å². The van der Waals surface area contributed by atoms with Crippen LogP contribution in [-0.4, -0.2) is 23.9 Å². The molecule has 2 aliphatic rings. The average Bonchev–Trinajstić information content (AvgIpc) is 3.12. The molecule has 1 aromatic heterocycles. The SMILES string of the molecule is O=C(C1CNc2ccccc21)N1CCc2sccc2C1. The number of thiophene rings is 1. The zero-order valence-electron chi connectivity index (χ0n) is 11.1. The Hall–Kier alpha value is -1.81. The molecule has 1 aromatic carbocycles. The number of rotatable bonds is 1. The third-order valence-electron chi connectivity index (χ3n) is 4.25. The van der Waals surface area contributed by atoms with Gasteiger partial charge in [0.1, 0.15) is 0 Å². The number of hydrogen-bond acceptors (Lipinski definition) is 3. The van der Waals surface area contributed by atoms with Crippen LogP contribution in [0.2, 0.25) is 0 Å². The van der Waals surface area contributed by atoms with Gasteiger partial charge in [-0.1, -0.05) is 18.2 Å². The Labute approximate surface area is 122 Å². The fraction of sp³-hybridized carbons (Fsp3) is 0.312. The number of anilines is 1. The molecule has 2 aromatic rings. The number of carbonyl (C=O) groups is 1. The fourth-order valence-corrected chi connectivity index (χ4v) is 4.05. The van der Waals surface area contributed by atoms with Gasteiger partial charge in [0.2, 0.25) is 5.91 Å². The van der Waals surface area contributed by atoms with Crippen molar-refractivity contribution in [1.82, 2.24) is 4.90 Å². The van der Waals surface area contributed by atoms with Crippen LogP contribution < -0.4 is 5.32 Å². The van der Waals surface area contributed by atoms with E-state index in [9.17, 15) is 4.79 Å². The molecule has 0 saturated carbocycles. The quantitative estimate of drug-likeness (QED) is 0.873. The fourth-order valence-electron chi connectivity index (χ4n) is 3.16. The molecule has 3 heterocycles. The standard InChI is InChI=1S/C16H16N2OS/c19-16(13-9-17-14-4-2-1-3-12(13)14)18-7-5-15-11(10-18)6-8-20-15/h1-4,6,8,13,17H,5,7,9-10H2. The van der Waals surface area contributed by atoms with Crippen molar-refractivity contribution >= 4 is 22.9 Å². The van der Waals surface area contributed by atoms with Gasteiger partial charge in [-0.3, -0.25) is 4.79 Å². The van der Waals surface area contributed by atoms with E-state index in [0.29, 0.717) is 0 Å². The largest absolute Gasteiger partial charge is 0.384 e. The summed E-state index contributed by atoms with van der Waals surface area (Å²) in [7, 11) is 0. The first kappa shape index (κ1) is 12.0. The molecule has 4 heteroatoms. The topological polar surface area (TPSA) is 32.3 Å². The van der Waals surface area contributed by atoms with E-state index < -0.39 is 0 Å². The van der Waals surface area contributed by atoms with Crippen molar-refractivity contribution in [2.45, 2.75) is 18.9 Å². The van der Waals surface area contributed by atoms with E-state index in [0.717, 1.165) is 37.3 Å². The highest BCUT2D eigenvalue weighted by Crippen LogP contribution is 2.34. The Morgan fingerprint density at radius 2 is 2.20 bits per heavy atom. The molecule has 1 amide bonds. The second kappa shape index (κ2) is 4.63. The lowest BCUT2D eigenvalue weighted by Gasteiger charge is -2.29. The number of fused-ring (bicyclic) bond motifs is 2. The summed E-state index contributed by atoms with van der Waals surface area (Å²) in [5.41, 5.74) is 3.58. The van der Waals surface area contributed by atoms with Crippen LogP contribution in [0, 0.1) is 0 Å². The first-order valence-electron chi connectivity index (χ1n) is 7.00. The minimum atomic E-state index is -0.0219. The van der Waals surface area contributed by atoms with Gasteiger partial charge in [-0.05, 0) is 35.1 Å². The summed E-state index contributed by atoms with van der Waals surface area (Å²) < 4.78 is 0. The third kappa shape index (κ3) is 1.83. The van der Waals surface area contributed by atoms with Gasteiger partial charge in [0.15, 0.2) is 0 Å². The number of para-hydroxylation sites is 1. The number of hydrogen-bond donors (Lipinski definition) is 1. The van der Waals surface area contributed by atoms with Crippen LogP contribution in [0.5, 0.6) is 0 Å². The normalized spacial score (nSPS) is 20.2. The van der Waals surface area contributed by atoms with Crippen molar-refractivity contribution in [2.75, 3.05) is 18.4 Å². The Balaban J connectivity index is 1.58. The highest BCUT2D eigenvalue weighted by molar-refractivity contribution is 7.10. The Bertz CT molecular complexity index is 664. The molecule has 0 fully saturated rings. The lowest BCUT2D eigenvalue weighted by atomic mass is 9.98. The van der Waals surface area contributed by atoms with Gasteiger partial charge in [-0.15, -0.1) is 11.3 Å². The lowest BCUT2D eigenvalue weighted by Crippen LogP contribution is -2.39. The van der Waals surface area contributed by atoms with Crippen LogP contribution in [0.1, 0.15) is 21.9 Å². The van der Waals surface area contributed by atoms with Gasteiger partial charge >= 0.3 is 0 Å². The average molecular weight is 284 g/mol. The molecule has 20 heavy (non-hydrogen) atoms. The molecule has 2 aliphatic heterocycles. The first-order valence-corrected chi connectivity index (χ1v) is 7.88. The first-order chi connectivity index (χ1) is 9.83. The number of nitrogens with one attached hydrogen (secondary N) is 1. The summed E-state index contributed by atoms with van der Waals surface area (Å²) >= 11 is 1.81. The van der Waals surface area contributed by atoms with Gasteiger partial charge < -0.3 is 10.2 Å². The van der Waals surface area contributed by atoms with E-state index in [1.807, 2.05) is 28.4 Å². The molecule has 0 spiro atoms. The maximum Gasteiger partial charge on any atom is 0.232 e. The molecular weight excluding hydrogens is 268 g/mol. The van der Waals surface area contributed by atoms with Crippen molar-refractivity contribution in [3.05, 3.63) is 51.7 Å². The smallest absolute Gasteiger partial charge is 0.232 e. The van der Waals surface area contributed by atoms with Gasteiger partial charge in [0.05, 0.1) is 5.92 Å². The van der Waals surface area contributed by atoms with Gasteiger partial charge in [0, 0.05) is 30.2 Å². The maximum absolute atomic E-state index is 12.8. The predicted octanol–water partition coefficient (Wildman–Crippen LogP) is 2.84. The van der Waals surface area contributed by atoms with Gasteiger partial charge in [-0.2, -0.15) is 0 Å². The van der Waals surface area contributed by atoms with Crippen LogP contribution in [0.25, 0.3) is 0 Å². The molecule has 102 valence electrons. The van der Waals surface area contributed by atoms with Crippen molar-refractivity contribution < 1.29 is 4.79 Å². The number of nitrogens with zero attached hydrogens (tertiary/aromatic N) is 1. The van der Waals surface area contributed by atoms with Crippen molar-refractivity contribution in [3.8, 4) is 0 Å². The van der Waals surface area contributed by atoms with Crippen molar-refractivity contribution in [3.63, 3.8) is 0 Å². The van der Waals surface area contributed by atoms with E-state index in [1.165, 1.54) is 10.4 Å². The van der Waals surface area contributed by atoms with Gasteiger partial charge in [0.25, 0.3) is 0 Å². The van der Waals surface area contributed by atoms with E-state index in [1.54, 1.807) is 0 Å². The zero-order chi connectivity index (χ0) is 13.5. The third-order valence-corrected chi connectivity index (χ3v) is 5.27. The minimum Gasteiger partial charge on any atom is -0.384 e. The van der Waals surface area contributed by atoms with Crippen molar-refractivity contribution in [1.29, 1.82) is 0 Å². The molecule has 1 atom stereocenters. The Kier molecular flexibility index (Phi) is 2.77. The van der Waals surface area contributed by atoms with Crippen LogP contribution in [0.4, 0.5) is 5.69 Å². The number of carbonyl (C=O) groups excluding carboxylic acids is 1. The molecule has 0 radical (unpaired) electrons. The summed E-state index contributed by atoms with van der Waals surface area (Å²) in [6, 6.07) is 10.3. The molecule has 1 N–H and O–H groups in total. The predicted molar refractivity (Wildman–Crippen MR) is 81.1 cm³/mol. The molecule has 4 rings (SSSR count). The zero-order valence-corrected chi connectivity index (χ0v) is 12.0. The second-order valence-corrected chi connectivity index (χ2v) is 6.40. The lowest BCUT2D eigenvalue weighted by molar-refractivity contribution is -0.133. The molecular formula is C16H16N2OS. The van der Waals surface area contributed by atoms with Gasteiger partial charge in [-0.25, -0.2) is 0 Å². The summed E-state index contributed by atoms with van der Waals surface area (Å²) in [5.74, 6) is 0.241. The summed E-state index contributed by atoms with van der Waals surface area (Å²) in [6.45, 7) is 2.35. The van der Waals surface area contributed by atoms with Crippen LogP contribution in [0.3, 0.4) is 0 Å². The highest BCUT2D eigenvalue weighted by atomic mass is 32.1. The summed E-state index contributed by atoms with van der Waals surface area (Å²) in [4.78, 5) is 16.2. The van der Waals surface area contributed by atoms with E-state index in [4.69, 9.17) is 0 Å². The molecule has 0 aliphatic carbocycles.